The number of nitrogens with zero attached hydrogens (tertiary/aromatic N) is 1. The largest absolute Gasteiger partial charge is 0.456 e. The molecule has 3 aromatic rings. The van der Waals surface area contributed by atoms with E-state index in [0.29, 0.717) is 5.56 Å². The fraction of sp³-hybridized carbons (Fsp3) is 0.217. The van der Waals surface area contributed by atoms with Gasteiger partial charge in [0.1, 0.15) is 6.04 Å². The second-order valence-electron chi connectivity index (χ2n) is 7.49. The van der Waals surface area contributed by atoms with Crippen LogP contribution in [0.3, 0.4) is 0 Å². The number of carbonyl (C=O) groups is 4. The number of para-hydroxylation sites is 1. The van der Waals surface area contributed by atoms with Crippen LogP contribution in [0.5, 0.6) is 0 Å². The number of benzene rings is 2. The molecular formula is C23H20N2O5. The quantitative estimate of drug-likeness (QED) is 0.387. The van der Waals surface area contributed by atoms with Crippen LogP contribution in [0.2, 0.25) is 0 Å². The van der Waals surface area contributed by atoms with Crippen molar-refractivity contribution >= 4 is 34.5 Å². The Morgan fingerprint density at radius 1 is 0.967 bits per heavy atom. The molecule has 0 bridgehead atoms. The summed E-state index contributed by atoms with van der Waals surface area (Å²) in [5, 5.41) is 0.735. The van der Waals surface area contributed by atoms with Gasteiger partial charge in [-0.25, -0.2) is 4.79 Å². The third kappa shape index (κ3) is 3.18. The van der Waals surface area contributed by atoms with Gasteiger partial charge in [-0.3, -0.25) is 19.3 Å². The number of ether oxygens (including phenoxy) is 1. The monoisotopic (exact) mass is 404 g/mol. The van der Waals surface area contributed by atoms with Crippen molar-refractivity contribution in [3.63, 3.8) is 0 Å². The maximum atomic E-state index is 12.8. The second kappa shape index (κ2) is 7.59. The Bertz CT molecular complexity index is 1140. The number of fused-ring (bicyclic) bond motifs is 2. The van der Waals surface area contributed by atoms with Gasteiger partial charge in [-0.2, -0.15) is 0 Å². The van der Waals surface area contributed by atoms with Gasteiger partial charge in [0, 0.05) is 22.7 Å². The molecule has 0 radical (unpaired) electrons. The Balaban J connectivity index is 1.52. The molecule has 1 aromatic heterocycles. The number of rotatable bonds is 6. The van der Waals surface area contributed by atoms with Gasteiger partial charge in [-0.15, -0.1) is 0 Å². The number of esters is 1. The van der Waals surface area contributed by atoms with Crippen molar-refractivity contribution < 1.29 is 23.9 Å². The highest BCUT2D eigenvalue weighted by atomic mass is 16.5. The van der Waals surface area contributed by atoms with Crippen LogP contribution in [0.15, 0.2) is 54.7 Å². The van der Waals surface area contributed by atoms with Crippen LogP contribution < -0.4 is 0 Å². The van der Waals surface area contributed by atoms with Crippen molar-refractivity contribution in [3.05, 3.63) is 71.4 Å². The predicted octanol–water partition coefficient (Wildman–Crippen LogP) is 3.21. The van der Waals surface area contributed by atoms with E-state index in [1.807, 2.05) is 18.2 Å². The lowest BCUT2D eigenvalue weighted by molar-refractivity contribution is -0.148. The van der Waals surface area contributed by atoms with Crippen molar-refractivity contribution in [2.75, 3.05) is 6.61 Å². The van der Waals surface area contributed by atoms with Gasteiger partial charge < -0.3 is 9.72 Å². The third-order valence-corrected chi connectivity index (χ3v) is 5.21. The van der Waals surface area contributed by atoms with Crippen LogP contribution in [-0.4, -0.2) is 46.1 Å². The minimum Gasteiger partial charge on any atom is -0.456 e. The number of aromatic amines is 1. The van der Waals surface area contributed by atoms with Gasteiger partial charge in [0.2, 0.25) is 5.78 Å². The SMILES string of the molecule is CC(C)C(C(=O)OCC(=O)c1c[nH]c2ccccc12)N1C(=O)c2ccccc2C1=O. The molecule has 0 saturated heterocycles. The zero-order valence-electron chi connectivity index (χ0n) is 16.5. The Kier molecular flexibility index (Phi) is 4.95. The lowest BCUT2D eigenvalue weighted by Crippen LogP contribution is -2.49. The molecule has 4 rings (SSSR count). The first-order valence-electron chi connectivity index (χ1n) is 9.63. The van der Waals surface area contributed by atoms with E-state index in [-0.39, 0.29) is 22.8 Å². The minimum atomic E-state index is -1.12. The summed E-state index contributed by atoms with van der Waals surface area (Å²) >= 11 is 0. The molecule has 1 aliphatic rings. The number of aromatic nitrogens is 1. The fourth-order valence-corrected chi connectivity index (χ4v) is 3.74. The van der Waals surface area contributed by atoms with Crippen molar-refractivity contribution in [1.29, 1.82) is 0 Å². The molecule has 152 valence electrons. The molecular weight excluding hydrogens is 384 g/mol. The van der Waals surface area contributed by atoms with Gasteiger partial charge in [0.05, 0.1) is 11.1 Å². The summed E-state index contributed by atoms with van der Waals surface area (Å²) < 4.78 is 5.26. The lowest BCUT2D eigenvalue weighted by atomic mass is 10.0. The van der Waals surface area contributed by atoms with Crippen molar-refractivity contribution in [3.8, 4) is 0 Å². The number of Topliss-reactive ketones (excluding diaryl/α,β-unsaturated/α-hetero) is 1. The van der Waals surface area contributed by atoms with E-state index < -0.39 is 30.4 Å². The number of H-pyrrole nitrogens is 1. The van der Waals surface area contributed by atoms with E-state index >= 15 is 0 Å². The molecule has 1 N–H and O–H groups in total. The van der Waals surface area contributed by atoms with Gasteiger partial charge in [-0.1, -0.05) is 44.2 Å². The number of amides is 2. The first-order chi connectivity index (χ1) is 14.4. The highest BCUT2D eigenvalue weighted by Gasteiger charge is 2.44. The zero-order chi connectivity index (χ0) is 21.4. The smallest absolute Gasteiger partial charge is 0.330 e. The number of carbonyl (C=O) groups excluding carboxylic acids is 4. The van der Waals surface area contributed by atoms with E-state index in [0.717, 1.165) is 15.8 Å². The van der Waals surface area contributed by atoms with E-state index in [9.17, 15) is 19.2 Å². The van der Waals surface area contributed by atoms with Gasteiger partial charge >= 0.3 is 5.97 Å². The van der Waals surface area contributed by atoms with Crippen molar-refractivity contribution in [2.45, 2.75) is 19.9 Å². The van der Waals surface area contributed by atoms with Gasteiger partial charge in [0.15, 0.2) is 6.61 Å². The van der Waals surface area contributed by atoms with Gasteiger partial charge in [-0.05, 0) is 24.1 Å². The van der Waals surface area contributed by atoms with Crippen LogP contribution in [0.1, 0.15) is 44.9 Å². The van der Waals surface area contributed by atoms with Crippen molar-refractivity contribution in [2.24, 2.45) is 5.92 Å². The maximum absolute atomic E-state index is 12.8. The highest BCUT2D eigenvalue weighted by Crippen LogP contribution is 2.28. The summed E-state index contributed by atoms with van der Waals surface area (Å²) in [6, 6.07) is 12.6. The Hall–Kier alpha value is -3.74. The number of hydrogen-bond donors (Lipinski definition) is 1. The maximum Gasteiger partial charge on any atom is 0.330 e. The topological polar surface area (TPSA) is 96.5 Å². The molecule has 1 aliphatic heterocycles. The second-order valence-corrected chi connectivity index (χ2v) is 7.49. The van der Waals surface area contributed by atoms with Gasteiger partial charge in [0.25, 0.3) is 11.8 Å². The Morgan fingerprint density at radius 3 is 2.20 bits per heavy atom. The third-order valence-electron chi connectivity index (χ3n) is 5.21. The number of nitrogens with one attached hydrogen (secondary N) is 1. The molecule has 0 spiro atoms. The molecule has 0 fully saturated rings. The summed E-state index contributed by atoms with van der Waals surface area (Å²) in [7, 11) is 0. The number of imide groups is 1. The molecule has 2 amide bonds. The molecule has 30 heavy (non-hydrogen) atoms. The molecule has 0 saturated carbocycles. The van der Waals surface area contributed by atoms with E-state index in [4.69, 9.17) is 4.74 Å². The number of ketones is 1. The molecule has 2 heterocycles. The predicted molar refractivity (Wildman–Crippen MR) is 109 cm³/mol. The molecule has 2 aromatic carbocycles. The molecule has 7 nitrogen and oxygen atoms in total. The first kappa shape index (κ1) is 19.6. The minimum absolute atomic E-state index is 0.260. The lowest BCUT2D eigenvalue weighted by Gasteiger charge is -2.27. The Morgan fingerprint density at radius 2 is 1.57 bits per heavy atom. The molecule has 7 heteroatoms. The van der Waals surface area contributed by atoms with Crippen LogP contribution in [0.25, 0.3) is 10.9 Å². The standard InChI is InChI=1S/C23H20N2O5/c1-13(2)20(25-21(27)15-8-3-4-9-16(15)22(25)28)23(29)30-12-19(26)17-11-24-18-10-6-5-7-14(17)18/h3-11,13,20,24H,12H2,1-2H3. The zero-order valence-corrected chi connectivity index (χ0v) is 16.5. The summed E-state index contributed by atoms with van der Waals surface area (Å²) in [5.41, 5.74) is 1.74. The summed E-state index contributed by atoms with van der Waals surface area (Å²) in [6.07, 6.45) is 1.57. The highest BCUT2D eigenvalue weighted by molar-refractivity contribution is 6.22. The summed E-state index contributed by atoms with van der Waals surface area (Å²) in [6.45, 7) is 2.96. The molecule has 1 unspecified atom stereocenters. The van der Waals surface area contributed by atoms with Crippen LogP contribution in [-0.2, 0) is 9.53 Å². The average Bonchev–Trinajstić information content (AvgIpc) is 3.28. The van der Waals surface area contributed by atoms with Crippen LogP contribution in [0.4, 0.5) is 0 Å². The summed E-state index contributed by atoms with van der Waals surface area (Å²) in [4.78, 5) is 54.9. The summed E-state index contributed by atoms with van der Waals surface area (Å²) in [5.74, 6) is -2.61. The number of hydrogen-bond acceptors (Lipinski definition) is 5. The van der Waals surface area contributed by atoms with Crippen LogP contribution >= 0.6 is 0 Å². The van der Waals surface area contributed by atoms with E-state index in [1.165, 1.54) is 0 Å². The van der Waals surface area contributed by atoms with E-state index in [1.54, 1.807) is 50.4 Å². The van der Waals surface area contributed by atoms with Crippen molar-refractivity contribution in [1.82, 2.24) is 9.88 Å². The van der Waals surface area contributed by atoms with E-state index in [2.05, 4.69) is 4.98 Å². The average molecular weight is 404 g/mol. The molecule has 1 atom stereocenters. The normalized spacial score (nSPS) is 14.3. The fourth-order valence-electron chi connectivity index (χ4n) is 3.74. The van der Waals surface area contributed by atoms with Crippen LogP contribution in [0, 0.1) is 5.92 Å². The Labute approximate surface area is 172 Å². The first-order valence-corrected chi connectivity index (χ1v) is 9.63. The molecule has 0 aliphatic carbocycles.